The Morgan fingerprint density at radius 1 is 1.38 bits per heavy atom. The summed E-state index contributed by atoms with van der Waals surface area (Å²) < 4.78 is 5.48. The van der Waals surface area contributed by atoms with E-state index >= 15 is 0 Å². The summed E-state index contributed by atoms with van der Waals surface area (Å²) >= 11 is 0. The van der Waals surface area contributed by atoms with Gasteiger partial charge in [-0.2, -0.15) is 0 Å². The largest absolute Gasteiger partial charge is 0.369 e. The number of benzene rings is 1. The van der Waals surface area contributed by atoms with Crippen molar-refractivity contribution in [1.82, 2.24) is 10.6 Å². The molecule has 0 fully saturated rings. The fourth-order valence-electron chi connectivity index (χ4n) is 2.27. The Hall–Kier alpha value is -1.10. The quantitative estimate of drug-likeness (QED) is 0.761. The van der Waals surface area contributed by atoms with E-state index in [0.29, 0.717) is 13.2 Å². The Bertz CT molecular complexity index is 466. The van der Waals surface area contributed by atoms with E-state index in [4.69, 9.17) is 4.74 Å². The zero-order valence-corrected chi connectivity index (χ0v) is 13.6. The van der Waals surface area contributed by atoms with Crippen LogP contribution >= 0.6 is 12.4 Å². The van der Waals surface area contributed by atoms with Crippen molar-refractivity contribution in [3.05, 3.63) is 34.9 Å². The molecule has 4 nitrogen and oxygen atoms in total. The standard InChI is InChI=1S/C16H24N2O2.ClH/c1-3-4-7-20-12(2)16(19)18-9-13-5-6-14-10-17-11-15(14)8-13;/h5-6,8,12,17H,3-4,7,9-11H2,1-2H3,(H,18,19);1H. The fraction of sp³-hybridized carbons (Fsp3) is 0.562. The third-order valence-electron chi connectivity index (χ3n) is 3.60. The highest BCUT2D eigenvalue weighted by Gasteiger charge is 2.14. The Balaban J connectivity index is 0.00000220. The highest BCUT2D eigenvalue weighted by atomic mass is 35.5. The van der Waals surface area contributed by atoms with Crippen molar-refractivity contribution in [2.45, 2.75) is 52.4 Å². The van der Waals surface area contributed by atoms with Gasteiger partial charge in [0.05, 0.1) is 0 Å². The molecule has 1 amide bonds. The molecular weight excluding hydrogens is 288 g/mol. The van der Waals surface area contributed by atoms with Crippen LogP contribution in [0.4, 0.5) is 0 Å². The van der Waals surface area contributed by atoms with Crippen molar-refractivity contribution in [3.8, 4) is 0 Å². The third-order valence-corrected chi connectivity index (χ3v) is 3.60. The molecule has 0 aromatic heterocycles. The highest BCUT2D eigenvalue weighted by molar-refractivity contribution is 5.85. The maximum Gasteiger partial charge on any atom is 0.249 e. The molecule has 1 atom stereocenters. The van der Waals surface area contributed by atoms with Gasteiger partial charge in [-0.1, -0.05) is 31.5 Å². The molecule has 21 heavy (non-hydrogen) atoms. The second kappa shape index (κ2) is 9.03. The van der Waals surface area contributed by atoms with Crippen molar-refractivity contribution in [3.63, 3.8) is 0 Å². The first-order valence-electron chi connectivity index (χ1n) is 7.41. The molecule has 0 spiro atoms. The molecule has 1 aromatic rings. The van der Waals surface area contributed by atoms with Gasteiger partial charge >= 0.3 is 0 Å². The minimum absolute atomic E-state index is 0. The molecule has 1 unspecified atom stereocenters. The van der Waals surface area contributed by atoms with Crippen molar-refractivity contribution in [2.75, 3.05) is 6.61 Å². The number of ether oxygens (including phenoxy) is 1. The van der Waals surface area contributed by atoms with Crippen LogP contribution < -0.4 is 10.6 Å². The van der Waals surface area contributed by atoms with E-state index < -0.39 is 0 Å². The lowest BCUT2D eigenvalue weighted by molar-refractivity contribution is -0.131. The second-order valence-corrected chi connectivity index (χ2v) is 5.29. The van der Waals surface area contributed by atoms with Gasteiger partial charge in [0.1, 0.15) is 6.10 Å². The molecule has 0 aliphatic carbocycles. The van der Waals surface area contributed by atoms with Crippen LogP contribution in [0.25, 0.3) is 0 Å². The van der Waals surface area contributed by atoms with Crippen LogP contribution in [0, 0.1) is 0 Å². The molecular formula is C16H25ClN2O2. The van der Waals surface area contributed by atoms with Gasteiger partial charge in [0, 0.05) is 26.2 Å². The lowest BCUT2D eigenvalue weighted by Crippen LogP contribution is -2.34. The van der Waals surface area contributed by atoms with Crippen LogP contribution in [0.5, 0.6) is 0 Å². The molecule has 1 aliphatic rings. The summed E-state index contributed by atoms with van der Waals surface area (Å²) in [7, 11) is 0. The van der Waals surface area contributed by atoms with Gasteiger partial charge in [-0.25, -0.2) is 0 Å². The monoisotopic (exact) mass is 312 g/mol. The first-order chi connectivity index (χ1) is 9.70. The van der Waals surface area contributed by atoms with Gasteiger partial charge in [0.2, 0.25) is 5.91 Å². The van der Waals surface area contributed by atoms with Crippen LogP contribution in [0.15, 0.2) is 18.2 Å². The number of rotatable bonds is 7. The molecule has 2 N–H and O–H groups in total. The maximum atomic E-state index is 11.9. The predicted octanol–water partition coefficient (Wildman–Crippen LogP) is 2.53. The normalized spacial score (nSPS) is 14.2. The summed E-state index contributed by atoms with van der Waals surface area (Å²) in [6.07, 6.45) is 1.70. The number of fused-ring (bicyclic) bond motifs is 1. The first-order valence-corrected chi connectivity index (χ1v) is 7.41. The molecule has 0 saturated heterocycles. The van der Waals surface area contributed by atoms with Crippen molar-refractivity contribution >= 4 is 18.3 Å². The minimum Gasteiger partial charge on any atom is -0.369 e. The van der Waals surface area contributed by atoms with E-state index in [9.17, 15) is 4.79 Å². The van der Waals surface area contributed by atoms with Crippen LogP contribution in [0.1, 0.15) is 43.4 Å². The number of carbonyl (C=O) groups is 1. The summed E-state index contributed by atoms with van der Waals surface area (Å²) in [4.78, 5) is 11.9. The van der Waals surface area contributed by atoms with Crippen molar-refractivity contribution in [2.24, 2.45) is 0 Å². The number of halogens is 1. The zero-order chi connectivity index (χ0) is 14.4. The molecule has 118 valence electrons. The summed E-state index contributed by atoms with van der Waals surface area (Å²) in [6, 6.07) is 6.38. The molecule has 0 radical (unpaired) electrons. The number of nitrogens with one attached hydrogen (secondary N) is 2. The molecule has 1 aliphatic heterocycles. The van der Waals surface area contributed by atoms with Gasteiger partial charge in [0.15, 0.2) is 0 Å². The Morgan fingerprint density at radius 3 is 2.90 bits per heavy atom. The third kappa shape index (κ3) is 5.30. The van der Waals surface area contributed by atoms with E-state index in [1.165, 1.54) is 11.1 Å². The van der Waals surface area contributed by atoms with Crippen LogP contribution in [-0.4, -0.2) is 18.6 Å². The Morgan fingerprint density at radius 2 is 2.14 bits per heavy atom. The number of unbranched alkanes of at least 4 members (excludes halogenated alkanes) is 1. The van der Waals surface area contributed by atoms with Gasteiger partial charge in [-0.3, -0.25) is 4.79 Å². The highest BCUT2D eigenvalue weighted by Crippen LogP contribution is 2.16. The molecule has 2 rings (SSSR count). The van der Waals surface area contributed by atoms with E-state index in [1.807, 2.05) is 0 Å². The van der Waals surface area contributed by atoms with Crippen LogP contribution in [0.2, 0.25) is 0 Å². The maximum absolute atomic E-state index is 11.9. The van der Waals surface area contributed by atoms with E-state index in [0.717, 1.165) is 31.5 Å². The lowest BCUT2D eigenvalue weighted by atomic mass is 10.1. The van der Waals surface area contributed by atoms with E-state index in [1.54, 1.807) is 6.92 Å². The smallest absolute Gasteiger partial charge is 0.249 e. The minimum atomic E-state index is -0.377. The van der Waals surface area contributed by atoms with Crippen LogP contribution in [-0.2, 0) is 29.2 Å². The van der Waals surface area contributed by atoms with Gasteiger partial charge < -0.3 is 15.4 Å². The van der Waals surface area contributed by atoms with Gasteiger partial charge in [-0.15, -0.1) is 12.4 Å². The molecule has 1 aromatic carbocycles. The van der Waals surface area contributed by atoms with Gasteiger partial charge in [0.25, 0.3) is 0 Å². The molecule has 1 heterocycles. The molecule has 5 heteroatoms. The molecule has 0 saturated carbocycles. The van der Waals surface area contributed by atoms with Gasteiger partial charge in [-0.05, 0) is 30.0 Å². The second-order valence-electron chi connectivity index (χ2n) is 5.29. The van der Waals surface area contributed by atoms with Crippen LogP contribution in [0.3, 0.4) is 0 Å². The number of hydrogen-bond donors (Lipinski definition) is 2. The zero-order valence-electron chi connectivity index (χ0n) is 12.8. The first kappa shape index (κ1) is 18.0. The van der Waals surface area contributed by atoms with Crippen molar-refractivity contribution in [1.29, 1.82) is 0 Å². The number of amides is 1. The summed E-state index contributed by atoms with van der Waals surface area (Å²) in [5, 5.41) is 6.25. The average Bonchev–Trinajstić information content (AvgIpc) is 2.92. The van der Waals surface area contributed by atoms with E-state index in [-0.39, 0.29) is 24.4 Å². The fourth-order valence-corrected chi connectivity index (χ4v) is 2.27. The summed E-state index contributed by atoms with van der Waals surface area (Å²) in [6.45, 7) is 7.00. The summed E-state index contributed by atoms with van der Waals surface area (Å²) in [5.41, 5.74) is 3.84. The topological polar surface area (TPSA) is 50.4 Å². The predicted molar refractivity (Wildman–Crippen MR) is 86.4 cm³/mol. The SMILES string of the molecule is CCCCOC(C)C(=O)NCc1ccc2c(c1)CNC2.Cl. The average molecular weight is 313 g/mol. The van der Waals surface area contributed by atoms with E-state index in [2.05, 4.69) is 35.8 Å². The lowest BCUT2D eigenvalue weighted by Gasteiger charge is -2.13. The van der Waals surface area contributed by atoms with Crippen molar-refractivity contribution < 1.29 is 9.53 Å². The summed E-state index contributed by atoms with van der Waals surface area (Å²) in [5.74, 6) is -0.0419. The number of carbonyl (C=O) groups excluding carboxylic acids is 1. The Labute approximate surface area is 133 Å². The Kier molecular flexibility index (Phi) is 7.72. The number of hydrogen-bond acceptors (Lipinski definition) is 3. The molecule has 0 bridgehead atoms.